The topological polar surface area (TPSA) is 0 Å². The molecule has 0 unspecified atom stereocenters. The molecule has 4 aromatic rings. The molecule has 0 nitrogen and oxygen atoms in total. The van der Waals surface area contributed by atoms with Crippen LogP contribution >= 0.6 is 0 Å². The number of benzene rings is 4. The van der Waals surface area contributed by atoms with Gasteiger partial charge in [-0.1, -0.05) is 67.9 Å². The van der Waals surface area contributed by atoms with E-state index in [9.17, 15) is 17.6 Å². The molecule has 0 radical (unpaired) electrons. The Balaban J connectivity index is 1.53. The van der Waals surface area contributed by atoms with Gasteiger partial charge in [0.15, 0.2) is 0 Å². The van der Waals surface area contributed by atoms with E-state index in [1.54, 1.807) is 12.1 Å². The second-order valence-electron chi connectivity index (χ2n) is 8.23. The van der Waals surface area contributed by atoms with Crippen LogP contribution in [0.2, 0.25) is 0 Å². The third kappa shape index (κ3) is 5.08. The number of rotatable bonds is 6. The summed E-state index contributed by atoms with van der Waals surface area (Å²) >= 11 is 0. The number of aryl methyl sites for hydroxylation is 3. The zero-order chi connectivity index (χ0) is 23.6. The lowest BCUT2D eigenvalue weighted by Gasteiger charge is -2.11. The van der Waals surface area contributed by atoms with E-state index in [-0.39, 0.29) is 18.7 Å². The molecule has 5 heteroatoms. The maximum Gasteiger partial charge on any atom is 0.419 e. The summed E-state index contributed by atoms with van der Waals surface area (Å²) in [5, 5.41) is 1.25. The molecule has 0 aliphatic rings. The number of hydrogen-bond acceptors (Lipinski definition) is 0. The SMILES string of the molecule is CCCc1ccc(-c2ccc3c(F)c(CCc4ccc(C(F)(F)F)c(F)c4)ccc3c2)cc1. The standard InChI is InChI=1S/C28H23F5/c1-2-3-18-4-8-20(9-5-18)22-13-14-24-23(17-22)12-11-21(27(24)30)10-6-19-7-15-25(26(29)16-19)28(31,32)33/h4-5,7-9,11-17H,2-3,6,10H2,1H3. The van der Waals surface area contributed by atoms with Crippen molar-refractivity contribution in [3.63, 3.8) is 0 Å². The molecule has 0 spiro atoms. The van der Waals surface area contributed by atoms with Gasteiger partial charge in [0.25, 0.3) is 0 Å². The lowest BCUT2D eigenvalue weighted by Crippen LogP contribution is -2.08. The minimum absolute atomic E-state index is 0.236. The summed E-state index contributed by atoms with van der Waals surface area (Å²) in [6.45, 7) is 2.14. The summed E-state index contributed by atoms with van der Waals surface area (Å²) in [5.74, 6) is -1.67. The van der Waals surface area contributed by atoms with Crippen LogP contribution in [0.5, 0.6) is 0 Å². The summed E-state index contributed by atoms with van der Waals surface area (Å²) in [6.07, 6.45) is -2.12. The van der Waals surface area contributed by atoms with Crippen LogP contribution in [0.25, 0.3) is 21.9 Å². The van der Waals surface area contributed by atoms with E-state index in [1.807, 2.05) is 18.2 Å². The van der Waals surface area contributed by atoms with Crippen LogP contribution in [-0.4, -0.2) is 0 Å². The Kier molecular flexibility index (Phi) is 6.50. The molecule has 4 aromatic carbocycles. The van der Waals surface area contributed by atoms with Gasteiger partial charge in [-0.2, -0.15) is 13.2 Å². The van der Waals surface area contributed by atoms with E-state index in [4.69, 9.17) is 0 Å². The number of halogens is 5. The van der Waals surface area contributed by atoms with Crippen LogP contribution in [0.1, 0.15) is 35.6 Å². The Hall–Kier alpha value is -3.21. The van der Waals surface area contributed by atoms with Crippen LogP contribution < -0.4 is 0 Å². The van der Waals surface area contributed by atoms with E-state index in [0.29, 0.717) is 16.5 Å². The molecular weight excluding hydrogens is 431 g/mol. The fraction of sp³-hybridized carbons (Fsp3) is 0.214. The molecule has 0 aliphatic heterocycles. The Bertz CT molecular complexity index is 1270. The van der Waals surface area contributed by atoms with Crippen LogP contribution in [0.4, 0.5) is 22.0 Å². The lowest BCUT2D eigenvalue weighted by molar-refractivity contribution is -0.140. The summed E-state index contributed by atoms with van der Waals surface area (Å²) in [4.78, 5) is 0. The quantitative estimate of drug-likeness (QED) is 0.256. The monoisotopic (exact) mass is 454 g/mol. The van der Waals surface area contributed by atoms with Crippen molar-refractivity contribution in [2.45, 2.75) is 38.8 Å². The van der Waals surface area contributed by atoms with E-state index < -0.39 is 17.6 Å². The second kappa shape index (κ2) is 9.34. The van der Waals surface area contributed by atoms with Gasteiger partial charge >= 0.3 is 6.18 Å². The Morgan fingerprint density at radius 1 is 0.667 bits per heavy atom. The van der Waals surface area contributed by atoms with Crippen LogP contribution in [0.3, 0.4) is 0 Å². The molecule has 0 heterocycles. The molecule has 33 heavy (non-hydrogen) atoms. The van der Waals surface area contributed by atoms with Crippen molar-refractivity contribution in [2.24, 2.45) is 0 Å². The second-order valence-corrected chi connectivity index (χ2v) is 8.23. The highest BCUT2D eigenvalue weighted by molar-refractivity contribution is 5.88. The van der Waals surface area contributed by atoms with Gasteiger partial charge in [-0.05, 0) is 70.7 Å². The predicted molar refractivity (Wildman–Crippen MR) is 122 cm³/mol. The number of fused-ring (bicyclic) bond motifs is 1. The van der Waals surface area contributed by atoms with Gasteiger partial charge < -0.3 is 0 Å². The largest absolute Gasteiger partial charge is 0.419 e. The number of alkyl halides is 3. The highest BCUT2D eigenvalue weighted by Crippen LogP contribution is 2.32. The van der Waals surface area contributed by atoms with E-state index in [2.05, 4.69) is 31.2 Å². The summed E-state index contributed by atoms with van der Waals surface area (Å²) in [5.41, 5.74) is 2.88. The average Bonchev–Trinajstić information content (AvgIpc) is 2.78. The van der Waals surface area contributed by atoms with Crippen molar-refractivity contribution in [3.05, 3.63) is 107 Å². The van der Waals surface area contributed by atoms with Gasteiger partial charge in [0.05, 0.1) is 5.56 Å². The van der Waals surface area contributed by atoms with Crippen molar-refractivity contribution in [1.82, 2.24) is 0 Å². The van der Waals surface area contributed by atoms with Crippen LogP contribution in [0, 0.1) is 11.6 Å². The minimum Gasteiger partial charge on any atom is -0.206 e. The average molecular weight is 454 g/mol. The summed E-state index contributed by atoms with van der Waals surface area (Å²) in [7, 11) is 0. The van der Waals surface area contributed by atoms with Crippen molar-refractivity contribution >= 4 is 10.8 Å². The van der Waals surface area contributed by atoms with Crippen molar-refractivity contribution in [1.29, 1.82) is 0 Å². The van der Waals surface area contributed by atoms with Crippen LogP contribution in [-0.2, 0) is 25.4 Å². The molecular formula is C28H23F5. The van der Waals surface area contributed by atoms with E-state index >= 15 is 4.39 Å². The lowest BCUT2D eigenvalue weighted by atomic mass is 9.96. The van der Waals surface area contributed by atoms with Crippen LogP contribution in [0.15, 0.2) is 72.8 Å². The van der Waals surface area contributed by atoms with Gasteiger partial charge in [0.2, 0.25) is 0 Å². The Labute approximate surface area is 189 Å². The molecule has 4 rings (SSSR count). The van der Waals surface area contributed by atoms with Crippen molar-refractivity contribution < 1.29 is 22.0 Å². The molecule has 0 fully saturated rings. The van der Waals surface area contributed by atoms with Crippen molar-refractivity contribution in [2.75, 3.05) is 0 Å². The first kappa shape index (κ1) is 23.0. The predicted octanol–water partition coefficient (Wildman–Crippen LogP) is 8.54. The Morgan fingerprint density at radius 2 is 1.36 bits per heavy atom. The summed E-state index contributed by atoms with van der Waals surface area (Å²) in [6, 6.07) is 20.3. The molecule has 0 atom stereocenters. The first-order valence-electron chi connectivity index (χ1n) is 10.9. The first-order valence-corrected chi connectivity index (χ1v) is 10.9. The molecule has 0 bridgehead atoms. The van der Waals surface area contributed by atoms with Gasteiger partial charge in [-0.25, -0.2) is 8.78 Å². The molecule has 0 amide bonds. The molecule has 0 saturated carbocycles. The zero-order valence-corrected chi connectivity index (χ0v) is 18.1. The highest BCUT2D eigenvalue weighted by Gasteiger charge is 2.33. The molecule has 0 aliphatic carbocycles. The maximum absolute atomic E-state index is 15.1. The van der Waals surface area contributed by atoms with E-state index in [0.717, 1.165) is 41.5 Å². The molecule has 0 aromatic heterocycles. The smallest absolute Gasteiger partial charge is 0.206 e. The first-order chi connectivity index (χ1) is 15.8. The van der Waals surface area contributed by atoms with Crippen molar-refractivity contribution in [3.8, 4) is 11.1 Å². The molecule has 0 saturated heterocycles. The van der Waals surface area contributed by atoms with E-state index in [1.165, 1.54) is 11.6 Å². The molecule has 0 N–H and O–H groups in total. The normalized spacial score (nSPS) is 11.8. The maximum atomic E-state index is 15.1. The van der Waals surface area contributed by atoms with Gasteiger partial charge in [-0.3, -0.25) is 0 Å². The van der Waals surface area contributed by atoms with Gasteiger partial charge in [0.1, 0.15) is 11.6 Å². The van der Waals surface area contributed by atoms with Gasteiger partial charge in [-0.15, -0.1) is 0 Å². The highest BCUT2D eigenvalue weighted by atomic mass is 19.4. The summed E-state index contributed by atoms with van der Waals surface area (Å²) < 4.78 is 67.1. The fourth-order valence-corrected chi connectivity index (χ4v) is 4.09. The molecule has 170 valence electrons. The fourth-order valence-electron chi connectivity index (χ4n) is 4.09. The Morgan fingerprint density at radius 3 is 2.03 bits per heavy atom. The number of hydrogen-bond donors (Lipinski definition) is 0. The minimum atomic E-state index is -4.73. The zero-order valence-electron chi connectivity index (χ0n) is 18.1. The third-order valence-electron chi connectivity index (χ3n) is 5.88. The van der Waals surface area contributed by atoms with Gasteiger partial charge in [0, 0.05) is 5.39 Å². The third-order valence-corrected chi connectivity index (χ3v) is 5.88.